The van der Waals surface area contributed by atoms with Crippen LogP contribution in [-0.2, 0) is 6.42 Å². The topological polar surface area (TPSA) is 78.3 Å². The van der Waals surface area contributed by atoms with E-state index in [4.69, 9.17) is 0 Å². The van der Waals surface area contributed by atoms with Crippen LogP contribution in [0.2, 0.25) is 0 Å². The first kappa shape index (κ1) is 19.3. The standard InChI is InChI=1S/C13H15N3O2S2.2ClH/c1-7-15-16-13(20-7)19-6-10-9-5-12(18)11(17)4-8(9)2-3-14-10;;/h4-5,10,14,17-18H,2-3,6H2,1H3;2*1H. The Balaban J connectivity index is 0.00000121. The highest BCUT2D eigenvalue weighted by Crippen LogP contribution is 2.36. The summed E-state index contributed by atoms with van der Waals surface area (Å²) in [4.78, 5) is 0. The number of thioether (sulfide) groups is 1. The Labute approximate surface area is 149 Å². The smallest absolute Gasteiger partial charge is 0.174 e. The van der Waals surface area contributed by atoms with Crippen LogP contribution in [0.3, 0.4) is 0 Å². The van der Waals surface area contributed by atoms with E-state index in [1.165, 1.54) is 0 Å². The summed E-state index contributed by atoms with van der Waals surface area (Å²) >= 11 is 3.25. The third kappa shape index (κ3) is 4.17. The Bertz CT molecular complexity index is 640. The van der Waals surface area contributed by atoms with Crippen LogP contribution in [0.15, 0.2) is 16.5 Å². The maximum atomic E-state index is 9.68. The molecular weight excluding hydrogens is 365 g/mol. The van der Waals surface area contributed by atoms with E-state index in [0.717, 1.165) is 39.2 Å². The average molecular weight is 382 g/mol. The summed E-state index contributed by atoms with van der Waals surface area (Å²) in [5.41, 5.74) is 2.15. The lowest BCUT2D eigenvalue weighted by Crippen LogP contribution is -2.31. The minimum absolute atomic E-state index is 0. The molecule has 0 saturated carbocycles. The number of halogens is 2. The number of aryl methyl sites for hydroxylation is 1. The van der Waals surface area contributed by atoms with Crippen molar-refractivity contribution < 1.29 is 10.2 Å². The monoisotopic (exact) mass is 381 g/mol. The molecule has 0 amide bonds. The number of nitrogens with one attached hydrogen (secondary N) is 1. The maximum Gasteiger partial charge on any atom is 0.174 e. The minimum Gasteiger partial charge on any atom is -0.504 e. The van der Waals surface area contributed by atoms with Gasteiger partial charge in [0.2, 0.25) is 0 Å². The lowest BCUT2D eigenvalue weighted by atomic mass is 9.94. The van der Waals surface area contributed by atoms with E-state index in [1.807, 2.05) is 6.92 Å². The third-order valence-corrected chi connectivity index (χ3v) is 5.34. The highest BCUT2D eigenvalue weighted by atomic mass is 35.5. The summed E-state index contributed by atoms with van der Waals surface area (Å²) in [7, 11) is 0. The molecule has 5 nitrogen and oxygen atoms in total. The number of fused-ring (bicyclic) bond motifs is 1. The van der Waals surface area contributed by atoms with Gasteiger partial charge in [0.25, 0.3) is 0 Å². The van der Waals surface area contributed by atoms with E-state index in [9.17, 15) is 10.2 Å². The molecule has 1 unspecified atom stereocenters. The molecular formula is C13H17Cl2N3O2S2. The Hall–Kier alpha value is -0.730. The number of phenols is 2. The molecule has 1 aromatic heterocycles. The van der Waals surface area contributed by atoms with Crippen LogP contribution in [0.25, 0.3) is 0 Å². The van der Waals surface area contributed by atoms with Gasteiger partial charge in [-0.25, -0.2) is 0 Å². The van der Waals surface area contributed by atoms with Crippen molar-refractivity contribution in [3.05, 3.63) is 28.3 Å². The molecule has 9 heteroatoms. The summed E-state index contributed by atoms with van der Waals surface area (Å²) in [5.74, 6) is 0.720. The third-order valence-electron chi connectivity index (χ3n) is 3.28. The number of hydrogen-bond acceptors (Lipinski definition) is 7. The van der Waals surface area contributed by atoms with Crippen LogP contribution < -0.4 is 5.32 Å². The van der Waals surface area contributed by atoms with Crippen molar-refractivity contribution >= 4 is 47.9 Å². The number of aromatic nitrogens is 2. The van der Waals surface area contributed by atoms with Crippen LogP contribution in [-0.4, -0.2) is 32.7 Å². The Morgan fingerprint density at radius 3 is 2.68 bits per heavy atom. The zero-order valence-corrected chi connectivity index (χ0v) is 15.0. The molecule has 3 rings (SSSR count). The Kier molecular flexibility index (Phi) is 7.21. The summed E-state index contributed by atoms with van der Waals surface area (Å²) in [5, 5.41) is 31.8. The number of phenolic OH excluding ortho intramolecular Hbond substituents is 2. The fraction of sp³-hybridized carbons (Fsp3) is 0.385. The predicted octanol–water partition coefficient (Wildman–Crippen LogP) is 3.08. The van der Waals surface area contributed by atoms with Crippen molar-refractivity contribution in [2.75, 3.05) is 12.3 Å². The molecule has 0 fully saturated rings. The van der Waals surface area contributed by atoms with Gasteiger partial charge in [0.15, 0.2) is 15.8 Å². The van der Waals surface area contributed by atoms with Crippen LogP contribution in [0.5, 0.6) is 11.5 Å². The zero-order chi connectivity index (χ0) is 14.1. The lowest BCUT2D eigenvalue weighted by Gasteiger charge is -2.26. The van der Waals surface area contributed by atoms with Gasteiger partial charge in [-0.1, -0.05) is 23.1 Å². The summed E-state index contributed by atoms with van der Waals surface area (Å²) in [6.07, 6.45) is 0.863. The van der Waals surface area contributed by atoms with Gasteiger partial charge in [-0.3, -0.25) is 0 Å². The normalized spacial score (nSPS) is 16.3. The molecule has 2 heterocycles. The second-order valence-electron chi connectivity index (χ2n) is 4.69. The van der Waals surface area contributed by atoms with Crippen molar-refractivity contribution in [1.82, 2.24) is 15.5 Å². The number of aromatic hydroxyl groups is 2. The summed E-state index contributed by atoms with van der Waals surface area (Å²) < 4.78 is 0.958. The van der Waals surface area contributed by atoms with Gasteiger partial charge < -0.3 is 15.5 Å². The molecule has 0 bridgehead atoms. The lowest BCUT2D eigenvalue weighted by molar-refractivity contribution is 0.400. The summed E-state index contributed by atoms with van der Waals surface area (Å²) in [6, 6.07) is 3.48. The first-order valence-electron chi connectivity index (χ1n) is 6.34. The molecule has 1 atom stereocenters. The highest BCUT2D eigenvalue weighted by Gasteiger charge is 2.22. The second kappa shape index (κ2) is 8.21. The van der Waals surface area contributed by atoms with Crippen LogP contribution in [0, 0.1) is 6.92 Å². The molecule has 1 aliphatic heterocycles. The van der Waals surface area contributed by atoms with Gasteiger partial charge in [-0.2, -0.15) is 0 Å². The maximum absolute atomic E-state index is 9.68. The van der Waals surface area contributed by atoms with Gasteiger partial charge in [-0.05, 0) is 43.1 Å². The molecule has 122 valence electrons. The van der Waals surface area contributed by atoms with E-state index < -0.39 is 0 Å². The molecule has 0 spiro atoms. The fourth-order valence-electron chi connectivity index (χ4n) is 2.31. The predicted molar refractivity (Wildman–Crippen MR) is 94.1 cm³/mol. The molecule has 3 N–H and O–H groups in total. The molecule has 2 aromatic rings. The Morgan fingerprint density at radius 2 is 2.00 bits per heavy atom. The van der Waals surface area contributed by atoms with Crippen LogP contribution in [0.4, 0.5) is 0 Å². The second-order valence-corrected chi connectivity index (χ2v) is 7.14. The Morgan fingerprint density at radius 1 is 1.27 bits per heavy atom. The molecule has 1 aromatic carbocycles. The first-order valence-corrected chi connectivity index (χ1v) is 8.14. The zero-order valence-electron chi connectivity index (χ0n) is 11.8. The van der Waals surface area contributed by atoms with Crippen molar-refractivity contribution in [2.24, 2.45) is 0 Å². The van der Waals surface area contributed by atoms with E-state index in [-0.39, 0.29) is 42.4 Å². The first-order chi connectivity index (χ1) is 9.63. The minimum atomic E-state index is -0.0609. The van der Waals surface area contributed by atoms with Gasteiger partial charge in [0.05, 0.1) is 0 Å². The van der Waals surface area contributed by atoms with Crippen molar-refractivity contribution in [3.8, 4) is 11.5 Å². The molecule has 22 heavy (non-hydrogen) atoms. The van der Waals surface area contributed by atoms with Crippen molar-refractivity contribution in [1.29, 1.82) is 0 Å². The van der Waals surface area contributed by atoms with E-state index in [1.54, 1.807) is 35.2 Å². The quantitative estimate of drug-likeness (QED) is 0.559. The van der Waals surface area contributed by atoms with Gasteiger partial charge in [0, 0.05) is 11.8 Å². The number of nitrogens with zero attached hydrogens (tertiary/aromatic N) is 2. The SMILES string of the molecule is Cc1nnc(SCC2NCCc3cc(O)c(O)cc32)s1.Cl.Cl. The van der Waals surface area contributed by atoms with Gasteiger partial charge in [-0.15, -0.1) is 35.0 Å². The number of hydrogen-bond donors (Lipinski definition) is 3. The van der Waals surface area contributed by atoms with Crippen molar-refractivity contribution in [2.45, 2.75) is 23.7 Å². The average Bonchev–Trinajstić information content (AvgIpc) is 2.84. The van der Waals surface area contributed by atoms with Crippen LogP contribution in [0.1, 0.15) is 22.2 Å². The fourth-order valence-corrected chi connectivity index (χ4v) is 4.23. The van der Waals surface area contributed by atoms with E-state index in [2.05, 4.69) is 15.5 Å². The van der Waals surface area contributed by atoms with Gasteiger partial charge in [0.1, 0.15) is 5.01 Å². The van der Waals surface area contributed by atoms with Gasteiger partial charge >= 0.3 is 0 Å². The van der Waals surface area contributed by atoms with Crippen molar-refractivity contribution in [3.63, 3.8) is 0 Å². The summed E-state index contributed by atoms with van der Waals surface area (Å²) in [6.45, 7) is 2.81. The molecule has 0 saturated heterocycles. The van der Waals surface area contributed by atoms with E-state index >= 15 is 0 Å². The van der Waals surface area contributed by atoms with Crippen LogP contribution >= 0.6 is 47.9 Å². The largest absolute Gasteiger partial charge is 0.504 e. The molecule has 0 radical (unpaired) electrons. The number of benzene rings is 1. The van der Waals surface area contributed by atoms with E-state index in [0.29, 0.717) is 0 Å². The highest BCUT2D eigenvalue weighted by molar-refractivity contribution is 8.01. The number of rotatable bonds is 3. The molecule has 0 aliphatic carbocycles. The molecule has 1 aliphatic rings.